The van der Waals surface area contributed by atoms with E-state index in [0.29, 0.717) is 6.54 Å². The van der Waals surface area contributed by atoms with Crippen LogP contribution in [0.2, 0.25) is 0 Å². The topological polar surface area (TPSA) is 44.6 Å². The largest absolute Gasteiger partial charge is 0.544 e. The fourth-order valence-electron chi connectivity index (χ4n) is 1.57. The van der Waals surface area contributed by atoms with Crippen molar-refractivity contribution in [3.8, 4) is 0 Å². The Morgan fingerprint density at radius 2 is 2.19 bits per heavy atom. The van der Waals surface area contributed by atoms with E-state index in [0.717, 1.165) is 14.9 Å². The molecule has 0 aliphatic rings. The first-order valence-electron chi connectivity index (χ1n) is 5.28. The predicted molar refractivity (Wildman–Crippen MR) is 63.8 cm³/mol. The average Bonchev–Trinajstić information content (AvgIpc) is 2.15. The summed E-state index contributed by atoms with van der Waals surface area (Å²) in [6, 6.07) is 8.19. The molecule has 0 heterocycles. The molecule has 0 aliphatic heterocycles. The number of nitrogens with one attached hydrogen (secondary N) is 1. The summed E-state index contributed by atoms with van der Waals surface area (Å²) in [6.45, 7) is 4.77. The van der Waals surface area contributed by atoms with E-state index >= 15 is 0 Å². The number of carbonyl (C=O) groups excluding carboxylic acids is 1. The van der Waals surface area contributed by atoms with Gasteiger partial charge in [-0.15, -0.1) is 0 Å². The van der Waals surface area contributed by atoms with Crippen LogP contribution in [0.1, 0.15) is 19.4 Å². The number of carbonyl (C=O) groups is 1. The number of rotatable bonds is 5. The van der Waals surface area contributed by atoms with Crippen molar-refractivity contribution in [1.29, 1.82) is 0 Å². The first-order chi connectivity index (χ1) is 7.49. The summed E-state index contributed by atoms with van der Waals surface area (Å²) in [6.07, 6.45) is 0. The van der Waals surface area contributed by atoms with Gasteiger partial charge in [0, 0.05) is 10.0 Å². The Balaban J connectivity index is 2.71. The third kappa shape index (κ3) is 4.33. The minimum atomic E-state index is -1.00. The molecule has 1 atom stereocenters. The number of benzene rings is 1. The van der Waals surface area contributed by atoms with Gasteiger partial charge in [0.25, 0.3) is 0 Å². The Bertz CT molecular complexity index is 366. The highest BCUT2D eigenvalue weighted by atomic mass is 79.9. The first kappa shape index (κ1) is 13.2. The third-order valence-electron chi connectivity index (χ3n) is 2.51. The van der Waals surface area contributed by atoms with E-state index in [1.54, 1.807) is 0 Å². The molecule has 0 radical (unpaired) electrons. The summed E-state index contributed by atoms with van der Waals surface area (Å²) in [4.78, 5) is 11.6. The van der Waals surface area contributed by atoms with E-state index in [9.17, 15) is 9.90 Å². The lowest BCUT2D eigenvalue weighted by molar-refractivity contribution is -0.929. The van der Waals surface area contributed by atoms with Gasteiger partial charge in [0.15, 0.2) is 0 Å². The molecule has 1 aromatic rings. The van der Waals surface area contributed by atoms with Crippen LogP contribution in [0.3, 0.4) is 0 Å². The Morgan fingerprint density at radius 3 is 2.69 bits per heavy atom. The number of hydrogen-bond donors (Lipinski definition) is 1. The molecule has 0 spiro atoms. The second kappa shape index (κ2) is 6.01. The highest BCUT2D eigenvalue weighted by molar-refractivity contribution is 9.10. The van der Waals surface area contributed by atoms with Gasteiger partial charge in [0.05, 0.1) is 12.0 Å². The van der Waals surface area contributed by atoms with E-state index in [4.69, 9.17) is 0 Å². The van der Waals surface area contributed by atoms with Crippen LogP contribution in [-0.4, -0.2) is 18.6 Å². The van der Waals surface area contributed by atoms with Gasteiger partial charge in [-0.2, -0.15) is 0 Å². The zero-order valence-electron chi connectivity index (χ0n) is 9.50. The van der Waals surface area contributed by atoms with Crippen molar-refractivity contribution in [3.63, 3.8) is 0 Å². The zero-order chi connectivity index (χ0) is 12.1. The van der Waals surface area contributed by atoms with Crippen molar-refractivity contribution in [2.45, 2.75) is 26.4 Å². The number of aliphatic carboxylic acids is 1. The summed E-state index contributed by atoms with van der Waals surface area (Å²) < 4.78 is 1.02. The molecule has 3 nitrogen and oxygen atoms in total. The number of halogens is 1. The van der Waals surface area contributed by atoms with Crippen LogP contribution in [0.5, 0.6) is 0 Å². The van der Waals surface area contributed by atoms with Gasteiger partial charge in [-0.05, 0) is 26.0 Å². The van der Waals surface area contributed by atoms with Crippen LogP contribution in [-0.2, 0) is 11.3 Å². The van der Waals surface area contributed by atoms with Gasteiger partial charge >= 0.3 is 0 Å². The molecule has 1 unspecified atom stereocenters. The Kier molecular flexibility index (Phi) is 4.96. The maximum absolute atomic E-state index is 10.6. The predicted octanol–water partition coefficient (Wildman–Crippen LogP) is -0.00770. The minimum Gasteiger partial charge on any atom is -0.544 e. The van der Waals surface area contributed by atoms with Gasteiger partial charge < -0.3 is 14.8 Å². The molecular weight excluding hydrogens is 270 g/mol. The quantitative estimate of drug-likeness (QED) is 0.827. The van der Waals surface area contributed by atoms with Crippen molar-refractivity contribution in [1.82, 2.24) is 0 Å². The first-order valence-corrected chi connectivity index (χ1v) is 6.07. The van der Waals surface area contributed by atoms with Crippen molar-refractivity contribution in [2.24, 2.45) is 0 Å². The van der Waals surface area contributed by atoms with Crippen molar-refractivity contribution in [3.05, 3.63) is 34.3 Å². The van der Waals surface area contributed by atoms with E-state index in [1.165, 1.54) is 0 Å². The van der Waals surface area contributed by atoms with Gasteiger partial charge in [0.1, 0.15) is 13.1 Å². The van der Waals surface area contributed by atoms with Crippen LogP contribution in [0.4, 0.5) is 0 Å². The van der Waals surface area contributed by atoms with Crippen molar-refractivity contribution < 1.29 is 14.8 Å². The summed E-state index contributed by atoms with van der Waals surface area (Å²) in [5.41, 5.74) is 1.12. The molecule has 0 bridgehead atoms. The molecule has 0 aliphatic carbocycles. The van der Waals surface area contributed by atoms with E-state index in [-0.39, 0.29) is 12.6 Å². The summed E-state index contributed by atoms with van der Waals surface area (Å²) in [5.74, 6) is -1.00. The molecule has 0 saturated carbocycles. The minimum absolute atomic E-state index is 0.0458. The second-order valence-corrected chi connectivity index (χ2v) is 5.08. The van der Waals surface area contributed by atoms with Crippen LogP contribution in [0.25, 0.3) is 0 Å². The fraction of sp³-hybridized carbons (Fsp3) is 0.417. The lowest BCUT2D eigenvalue weighted by atomic mass is 10.2. The molecule has 0 fully saturated rings. The Morgan fingerprint density at radius 1 is 1.50 bits per heavy atom. The zero-order valence-corrected chi connectivity index (χ0v) is 11.1. The molecule has 16 heavy (non-hydrogen) atoms. The monoisotopic (exact) mass is 285 g/mol. The number of carboxylic acid groups (broad SMARTS) is 1. The van der Waals surface area contributed by atoms with Gasteiger partial charge in [-0.3, -0.25) is 0 Å². The maximum Gasteiger partial charge on any atom is 0.118 e. The fourth-order valence-corrected chi connectivity index (χ4v) is 2.01. The smallest absolute Gasteiger partial charge is 0.118 e. The molecule has 0 aromatic heterocycles. The molecule has 1 aromatic carbocycles. The normalized spacial score (nSPS) is 12.8. The molecule has 0 saturated heterocycles. The molecule has 1 rings (SSSR count). The number of quaternary nitrogens is 1. The summed E-state index contributed by atoms with van der Waals surface area (Å²) >= 11 is 3.40. The Hall–Kier alpha value is -0.870. The van der Waals surface area contributed by atoms with Crippen LogP contribution in [0, 0.1) is 0 Å². The van der Waals surface area contributed by atoms with E-state index in [2.05, 4.69) is 15.9 Å². The number of hydrogen-bond acceptors (Lipinski definition) is 2. The molecular formula is C12H16BrNO2. The molecule has 0 amide bonds. The van der Waals surface area contributed by atoms with Gasteiger partial charge in [-0.1, -0.05) is 28.1 Å². The van der Waals surface area contributed by atoms with Crippen LogP contribution >= 0.6 is 15.9 Å². The lowest BCUT2D eigenvalue weighted by Gasteiger charge is -2.23. The Labute approximate surface area is 104 Å². The number of carboxylic acids is 1. The maximum atomic E-state index is 10.6. The van der Waals surface area contributed by atoms with Gasteiger partial charge in [-0.25, -0.2) is 0 Å². The van der Waals surface area contributed by atoms with Crippen molar-refractivity contribution in [2.75, 3.05) is 6.54 Å². The van der Waals surface area contributed by atoms with Gasteiger partial charge in [0.2, 0.25) is 0 Å². The van der Waals surface area contributed by atoms with Crippen molar-refractivity contribution >= 4 is 21.9 Å². The second-order valence-electron chi connectivity index (χ2n) is 4.17. The SMILES string of the molecule is CC(C)[NH+](CC(=O)[O-])Cc1cccc(Br)c1. The molecule has 88 valence electrons. The van der Waals surface area contributed by atoms with Crippen LogP contribution < -0.4 is 10.0 Å². The highest BCUT2D eigenvalue weighted by Crippen LogP contribution is 2.10. The third-order valence-corrected chi connectivity index (χ3v) is 3.00. The summed E-state index contributed by atoms with van der Waals surface area (Å²) in [7, 11) is 0. The molecule has 4 heteroatoms. The highest BCUT2D eigenvalue weighted by Gasteiger charge is 2.13. The van der Waals surface area contributed by atoms with E-state index < -0.39 is 5.97 Å². The van der Waals surface area contributed by atoms with E-state index in [1.807, 2.05) is 38.1 Å². The lowest BCUT2D eigenvalue weighted by Crippen LogP contribution is -3.15. The standard InChI is InChI=1S/C12H16BrNO2/c1-9(2)14(8-12(15)16)7-10-4-3-5-11(13)6-10/h3-6,9H,7-8H2,1-2H3,(H,15,16). The average molecular weight is 286 g/mol. The molecule has 1 N–H and O–H groups in total. The summed E-state index contributed by atoms with van der Waals surface area (Å²) in [5, 5.41) is 10.6. The van der Waals surface area contributed by atoms with Crippen LogP contribution in [0.15, 0.2) is 28.7 Å².